The molecular weight excluding hydrogens is 304 g/mol. The second-order valence-corrected chi connectivity index (χ2v) is 5.29. The van der Waals surface area contributed by atoms with Crippen LogP contribution in [-0.4, -0.2) is 27.4 Å². The Labute approximate surface area is 138 Å². The minimum Gasteiger partial charge on any atom is -0.491 e. The molecule has 24 heavy (non-hydrogen) atoms. The lowest BCUT2D eigenvalue weighted by atomic mass is 10.1. The molecule has 118 valence electrons. The highest BCUT2D eigenvalue weighted by Gasteiger charge is 2.14. The van der Waals surface area contributed by atoms with Crippen molar-refractivity contribution in [3.05, 3.63) is 60.2 Å². The van der Waals surface area contributed by atoms with Crippen LogP contribution in [0.4, 0.5) is 0 Å². The molecule has 0 saturated heterocycles. The summed E-state index contributed by atoms with van der Waals surface area (Å²) >= 11 is 0. The fraction of sp³-hybridized carbons (Fsp3) is 0.167. The van der Waals surface area contributed by atoms with Gasteiger partial charge >= 0.3 is 0 Å². The first kappa shape index (κ1) is 15.5. The number of aliphatic hydroxyl groups is 1. The molecule has 0 aliphatic heterocycles. The fourth-order valence-electron chi connectivity index (χ4n) is 2.45. The van der Waals surface area contributed by atoms with Crippen molar-refractivity contribution in [1.82, 2.24) is 9.55 Å². The molecule has 0 aliphatic carbocycles. The van der Waals surface area contributed by atoms with Gasteiger partial charge in [-0.05, 0) is 22.9 Å². The number of hydrogen-bond donors (Lipinski definition) is 1. The summed E-state index contributed by atoms with van der Waals surface area (Å²) in [6.45, 7) is 0.203. The van der Waals surface area contributed by atoms with Crippen molar-refractivity contribution in [3.63, 3.8) is 0 Å². The van der Waals surface area contributed by atoms with Crippen molar-refractivity contribution >= 4 is 10.8 Å². The SMILES string of the molecule is N#Cc1ncn(CC(O)COc2ccc3ccccc3c2)c1C#N. The Hall–Kier alpha value is -3.35. The van der Waals surface area contributed by atoms with Crippen LogP contribution in [0.2, 0.25) is 0 Å². The first-order valence-electron chi connectivity index (χ1n) is 7.36. The molecule has 1 atom stereocenters. The summed E-state index contributed by atoms with van der Waals surface area (Å²) in [6, 6.07) is 17.4. The van der Waals surface area contributed by atoms with E-state index in [9.17, 15) is 5.11 Å². The largest absolute Gasteiger partial charge is 0.491 e. The van der Waals surface area contributed by atoms with Crippen LogP contribution < -0.4 is 4.74 Å². The first-order valence-corrected chi connectivity index (χ1v) is 7.36. The highest BCUT2D eigenvalue weighted by atomic mass is 16.5. The molecule has 6 heteroatoms. The molecule has 0 aliphatic rings. The summed E-state index contributed by atoms with van der Waals surface area (Å²) in [4.78, 5) is 3.84. The molecule has 0 bridgehead atoms. The van der Waals surface area contributed by atoms with Crippen LogP contribution in [0.25, 0.3) is 10.8 Å². The van der Waals surface area contributed by atoms with Crippen LogP contribution >= 0.6 is 0 Å². The van der Waals surface area contributed by atoms with Crippen molar-refractivity contribution in [1.29, 1.82) is 10.5 Å². The highest BCUT2D eigenvalue weighted by molar-refractivity contribution is 5.83. The molecule has 0 saturated carbocycles. The molecule has 1 aromatic heterocycles. The van der Waals surface area contributed by atoms with Gasteiger partial charge in [0.2, 0.25) is 0 Å². The van der Waals surface area contributed by atoms with E-state index < -0.39 is 6.10 Å². The van der Waals surface area contributed by atoms with Gasteiger partial charge in [-0.3, -0.25) is 0 Å². The summed E-state index contributed by atoms with van der Waals surface area (Å²) in [5, 5.41) is 30.2. The second-order valence-electron chi connectivity index (χ2n) is 5.29. The molecule has 0 spiro atoms. The molecule has 0 amide bonds. The van der Waals surface area contributed by atoms with Gasteiger partial charge < -0.3 is 14.4 Å². The lowest BCUT2D eigenvalue weighted by Gasteiger charge is -2.14. The zero-order chi connectivity index (χ0) is 16.9. The maximum absolute atomic E-state index is 10.1. The van der Waals surface area contributed by atoms with Crippen LogP contribution in [0.5, 0.6) is 5.75 Å². The van der Waals surface area contributed by atoms with Crippen molar-refractivity contribution in [2.24, 2.45) is 0 Å². The van der Waals surface area contributed by atoms with E-state index in [1.807, 2.05) is 54.6 Å². The quantitative estimate of drug-likeness (QED) is 0.778. The van der Waals surface area contributed by atoms with E-state index in [2.05, 4.69) is 4.98 Å². The van der Waals surface area contributed by atoms with Gasteiger partial charge in [-0.15, -0.1) is 0 Å². The number of ether oxygens (including phenoxy) is 1. The number of aliphatic hydroxyl groups excluding tert-OH is 1. The Morgan fingerprint density at radius 3 is 2.67 bits per heavy atom. The number of hydrogen-bond acceptors (Lipinski definition) is 5. The van der Waals surface area contributed by atoms with Crippen molar-refractivity contribution < 1.29 is 9.84 Å². The van der Waals surface area contributed by atoms with Gasteiger partial charge in [-0.2, -0.15) is 10.5 Å². The maximum atomic E-state index is 10.1. The van der Waals surface area contributed by atoms with Crippen LogP contribution in [-0.2, 0) is 6.54 Å². The van der Waals surface area contributed by atoms with Crippen LogP contribution in [0.1, 0.15) is 11.4 Å². The molecule has 1 unspecified atom stereocenters. The molecule has 6 nitrogen and oxygen atoms in total. The molecule has 1 heterocycles. The minimum absolute atomic E-state index is 0.0557. The summed E-state index contributed by atoms with van der Waals surface area (Å²) in [6.07, 6.45) is 0.542. The molecule has 3 rings (SSSR count). The average molecular weight is 318 g/mol. The molecular formula is C18H14N4O2. The summed E-state index contributed by atoms with van der Waals surface area (Å²) in [5.74, 6) is 0.664. The normalized spacial score (nSPS) is 11.6. The Morgan fingerprint density at radius 1 is 1.12 bits per heavy atom. The van der Waals surface area contributed by atoms with E-state index in [1.54, 1.807) is 0 Å². The predicted octanol–water partition coefficient (Wildman–Crippen LogP) is 2.22. The van der Waals surface area contributed by atoms with E-state index in [4.69, 9.17) is 15.3 Å². The van der Waals surface area contributed by atoms with Crippen molar-refractivity contribution in [2.45, 2.75) is 12.6 Å². The highest BCUT2D eigenvalue weighted by Crippen LogP contribution is 2.20. The third kappa shape index (κ3) is 3.19. The number of aromatic nitrogens is 2. The van der Waals surface area contributed by atoms with Crippen molar-refractivity contribution in [2.75, 3.05) is 6.61 Å². The third-order valence-corrected chi connectivity index (χ3v) is 3.62. The topological polar surface area (TPSA) is 94.9 Å². The van der Waals surface area contributed by atoms with E-state index >= 15 is 0 Å². The third-order valence-electron chi connectivity index (χ3n) is 3.62. The van der Waals surface area contributed by atoms with E-state index in [1.165, 1.54) is 10.9 Å². The zero-order valence-corrected chi connectivity index (χ0v) is 12.8. The van der Waals surface area contributed by atoms with Gasteiger partial charge in [-0.25, -0.2) is 4.98 Å². The number of nitrogens with zero attached hydrogens (tertiary/aromatic N) is 4. The van der Waals surface area contributed by atoms with Crippen molar-refractivity contribution in [3.8, 4) is 17.9 Å². The van der Waals surface area contributed by atoms with Gasteiger partial charge in [-0.1, -0.05) is 30.3 Å². The van der Waals surface area contributed by atoms with Crippen LogP contribution in [0, 0.1) is 22.7 Å². The van der Waals surface area contributed by atoms with Gasteiger partial charge in [0, 0.05) is 0 Å². The summed E-state index contributed by atoms with van der Waals surface area (Å²) in [7, 11) is 0. The fourth-order valence-corrected chi connectivity index (χ4v) is 2.45. The lowest BCUT2D eigenvalue weighted by Crippen LogP contribution is -2.24. The Balaban J connectivity index is 1.65. The van der Waals surface area contributed by atoms with Gasteiger partial charge in [0.25, 0.3) is 0 Å². The molecule has 1 N–H and O–H groups in total. The number of nitriles is 2. The molecule has 2 aromatic carbocycles. The summed E-state index contributed by atoms with van der Waals surface area (Å²) in [5.41, 5.74) is 0.197. The predicted molar refractivity (Wildman–Crippen MR) is 87.1 cm³/mol. The van der Waals surface area contributed by atoms with E-state index in [0.29, 0.717) is 5.75 Å². The van der Waals surface area contributed by atoms with Gasteiger partial charge in [0.1, 0.15) is 30.6 Å². The molecule has 3 aromatic rings. The van der Waals surface area contributed by atoms with E-state index in [-0.39, 0.29) is 24.5 Å². The monoisotopic (exact) mass is 318 g/mol. The first-order chi connectivity index (χ1) is 11.7. The number of imidazole rings is 1. The Kier molecular flexibility index (Phi) is 4.42. The Bertz CT molecular complexity index is 950. The number of rotatable bonds is 5. The Morgan fingerprint density at radius 2 is 1.92 bits per heavy atom. The smallest absolute Gasteiger partial charge is 0.176 e. The lowest BCUT2D eigenvalue weighted by molar-refractivity contribution is 0.0923. The van der Waals surface area contributed by atoms with Gasteiger partial charge in [0.05, 0.1) is 12.9 Å². The van der Waals surface area contributed by atoms with E-state index in [0.717, 1.165) is 10.8 Å². The van der Waals surface area contributed by atoms with Crippen LogP contribution in [0.15, 0.2) is 48.8 Å². The zero-order valence-electron chi connectivity index (χ0n) is 12.8. The summed E-state index contributed by atoms with van der Waals surface area (Å²) < 4.78 is 7.07. The number of fused-ring (bicyclic) bond motifs is 1. The standard InChI is InChI=1S/C18H14N4O2/c19-8-17-18(9-20)22(12-21-17)10-15(23)11-24-16-6-5-13-3-1-2-4-14(13)7-16/h1-7,12,15,23H,10-11H2. The maximum Gasteiger partial charge on any atom is 0.176 e. The minimum atomic E-state index is -0.829. The molecule has 0 radical (unpaired) electrons. The van der Waals surface area contributed by atoms with Crippen LogP contribution in [0.3, 0.4) is 0 Å². The number of benzene rings is 2. The second kappa shape index (κ2) is 6.82. The average Bonchev–Trinajstić information content (AvgIpc) is 3.01. The molecule has 0 fully saturated rings. The van der Waals surface area contributed by atoms with Gasteiger partial charge in [0.15, 0.2) is 11.4 Å².